The second kappa shape index (κ2) is 35.5. The van der Waals surface area contributed by atoms with Crippen LogP contribution in [0.15, 0.2) is 341 Å². The summed E-state index contributed by atoms with van der Waals surface area (Å²) in [5, 5.41) is 0.779. The summed E-state index contributed by atoms with van der Waals surface area (Å²) < 4.78 is 0.168. The molecule has 0 saturated heterocycles. The first-order valence-corrected chi connectivity index (χ1v) is 38.8. The largest absolute Gasteiger partial charge is 0.255 e. The first-order valence-electron chi connectivity index (χ1n) is 35.0. The molecule has 0 aliphatic rings. The van der Waals surface area contributed by atoms with E-state index < -0.39 is 0 Å². The Morgan fingerprint density at radius 1 is 0.196 bits per heavy atom. The smallest absolute Gasteiger partial charge is 0.0886 e. The van der Waals surface area contributed by atoms with Crippen molar-refractivity contribution in [2.45, 2.75) is 81.5 Å². The van der Waals surface area contributed by atoms with Gasteiger partial charge >= 0.3 is 0 Å². The zero-order valence-corrected chi connectivity index (χ0v) is 59.9. The topological polar surface area (TPSA) is 103 Å². The molecule has 14 rings (SSSR count). The van der Waals surface area contributed by atoms with Gasteiger partial charge in [-0.25, -0.2) is 0 Å². The molecule has 0 bridgehead atoms. The van der Waals surface area contributed by atoms with Crippen molar-refractivity contribution in [1.29, 1.82) is 0 Å². The zero-order valence-electron chi connectivity index (χ0n) is 56.7. The highest BCUT2D eigenvalue weighted by Crippen LogP contribution is 2.56. The van der Waals surface area contributed by atoms with E-state index in [1.807, 2.05) is 122 Å². The van der Waals surface area contributed by atoms with Gasteiger partial charge in [0.05, 0.1) is 54.7 Å². The number of pyridine rings is 8. The van der Waals surface area contributed by atoms with Gasteiger partial charge in [-0.3, -0.25) is 39.9 Å². The first-order chi connectivity index (χ1) is 50.5. The third kappa shape index (κ3) is 18.9. The van der Waals surface area contributed by atoms with Gasteiger partial charge in [-0.15, -0.1) is 47.0 Å². The Kier molecular flexibility index (Phi) is 24.0. The van der Waals surface area contributed by atoms with Gasteiger partial charge < -0.3 is 0 Å². The summed E-state index contributed by atoms with van der Waals surface area (Å²) in [4.78, 5) is 37.9. The minimum atomic E-state index is 0.0838. The third-order valence-electron chi connectivity index (χ3n) is 18.3. The number of aromatic nitrogens is 8. The molecular weight excluding hydrogens is 1320 g/mol. The molecule has 6 aromatic carbocycles. The first kappa shape index (κ1) is 69.0. The average Bonchev–Trinajstić information content (AvgIpc) is 0.884. The van der Waals surface area contributed by atoms with Crippen molar-refractivity contribution >= 4 is 47.0 Å². The maximum Gasteiger partial charge on any atom is 0.0886 e. The predicted molar refractivity (Wildman–Crippen MR) is 428 cm³/mol. The molecule has 0 aliphatic carbocycles. The van der Waals surface area contributed by atoms with E-state index in [1.165, 1.54) is 66.8 Å². The third-order valence-corrected chi connectivity index (χ3v) is 25.1. The van der Waals surface area contributed by atoms with Gasteiger partial charge in [0.1, 0.15) is 0 Å². The van der Waals surface area contributed by atoms with Gasteiger partial charge in [0.25, 0.3) is 0 Å². The Hall–Kier alpha value is -10.1. The summed E-state index contributed by atoms with van der Waals surface area (Å²) in [7, 11) is 0. The van der Waals surface area contributed by atoms with E-state index in [1.54, 1.807) is 0 Å². The number of thioether (sulfide) groups is 4. The van der Waals surface area contributed by atoms with Crippen LogP contribution in [0, 0.1) is 0 Å². The molecule has 4 atom stereocenters. The minimum absolute atomic E-state index is 0.0838. The van der Waals surface area contributed by atoms with E-state index in [4.69, 9.17) is 19.9 Å². The number of rotatable bonds is 31. The van der Waals surface area contributed by atoms with Gasteiger partial charge in [-0.2, -0.15) is 0 Å². The molecule has 0 amide bonds. The van der Waals surface area contributed by atoms with Gasteiger partial charge in [0.2, 0.25) is 0 Å². The van der Waals surface area contributed by atoms with E-state index in [0.29, 0.717) is 0 Å². The molecule has 102 heavy (non-hydrogen) atoms. The Labute approximate surface area is 617 Å². The molecule has 0 spiro atoms. The highest BCUT2D eigenvalue weighted by atomic mass is 32.2. The van der Waals surface area contributed by atoms with Crippen LogP contribution in [-0.4, -0.2) is 39.9 Å². The summed E-state index contributed by atoms with van der Waals surface area (Å²) in [6.07, 6.45) is 22.7. The van der Waals surface area contributed by atoms with Crippen LogP contribution in [0.2, 0.25) is 0 Å². The van der Waals surface area contributed by atoms with Crippen LogP contribution in [0.1, 0.15) is 111 Å². The molecule has 0 aliphatic heterocycles. The number of benzene rings is 6. The number of nitrogens with zero attached hydrogens (tertiary/aromatic N) is 8. The van der Waals surface area contributed by atoms with E-state index >= 15 is 0 Å². The molecule has 0 radical (unpaired) electrons. The summed E-state index contributed by atoms with van der Waals surface area (Å²) >= 11 is 8.29. The Balaban J connectivity index is 0.764. The van der Waals surface area contributed by atoms with Crippen molar-refractivity contribution in [3.63, 3.8) is 0 Å². The molecule has 502 valence electrons. The number of aryl methyl sites for hydroxylation is 4. The monoisotopic (exact) mass is 1400 g/mol. The van der Waals surface area contributed by atoms with E-state index in [-0.39, 0.29) is 30.2 Å². The maximum atomic E-state index is 4.90. The van der Waals surface area contributed by atoms with Gasteiger partial charge in [0.15, 0.2) is 0 Å². The maximum absolute atomic E-state index is 4.90. The lowest BCUT2D eigenvalue weighted by Gasteiger charge is -2.28. The second-order valence-electron chi connectivity index (χ2n) is 25.3. The molecule has 4 unspecified atom stereocenters. The van der Waals surface area contributed by atoms with E-state index in [2.05, 4.69) is 285 Å². The van der Waals surface area contributed by atoms with Crippen LogP contribution < -0.4 is 0 Å². The fraction of sp³-hybridized carbons (Fsp3) is 0.156. The van der Waals surface area contributed by atoms with Crippen molar-refractivity contribution < 1.29 is 0 Å². The standard InChI is InChI=1S/C90H78N8S4/c1-5-21-71(22-6-1)85(53-37-65-33-49-81(95-61-65)77-29-13-17-57-91-77)99-89(100-86(72-23-7-2-8-24-72)54-38-66-34-50-82(96-62-66)78-30-14-18-58-92-78)75-45-41-69(42-46-75)70-43-47-76(48-44-70)90(101-87(73-25-9-3-10-26-73)55-39-67-35-51-83(97-63-67)79-31-15-19-59-93-79)102-88(74-27-11-4-12-28-74)56-40-68-36-52-84(98-64-68)80-32-16-20-60-94-80/h1-36,41-52,57-64,85-90H,37-40,53-56H2. The van der Waals surface area contributed by atoms with Crippen molar-refractivity contribution in [2.24, 2.45) is 0 Å². The minimum Gasteiger partial charge on any atom is -0.255 e. The molecule has 0 saturated carbocycles. The summed E-state index contributed by atoms with van der Waals surface area (Å²) in [6.45, 7) is 0. The van der Waals surface area contributed by atoms with Gasteiger partial charge in [0, 0.05) is 70.6 Å². The molecule has 0 fully saturated rings. The lowest BCUT2D eigenvalue weighted by Crippen LogP contribution is -2.05. The predicted octanol–water partition coefficient (Wildman–Crippen LogP) is 23.6. The SMILES string of the molecule is c1ccc(C(CCc2ccc(-c3ccccn3)nc2)SC(SC(CCc2ccc(-c3ccccn3)nc2)c2ccccc2)c2ccc(-c3ccc(C(SC(CCc4ccc(-c5ccccn5)nc4)c4ccccc4)SC(CCc4ccc(-c5ccccn5)nc4)c4ccccc4)cc3)cc2)cc1. The van der Waals surface area contributed by atoms with Crippen molar-refractivity contribution in [3.05, 3.63) is 396 Å². The fourth-order valence-corrected chi connectivity index (χ4v) is 19.6. The van der Waals surface area contributed by atoms with E-state index in [9.17, 15) is 0 Å². The normalized spacial score (nSPS) is 13.1. The van der Waals surface area contributed by atoms with Crippen molar-refractivity contribution in [2.75, 3.05) is 0 Å². The average molecular weight is 1400 g/mol. The van der Waals surface area contributed by atoms with Gasteiger partial charge in [-0.1, -0.05) is 218 Å². The molecule has 8 nitrogen and oxygen atoms in total. The molecule has 8 aromatic heterocycles. The molecule has 0 N–H and O–H groups in total. The quantitative estimate of drug-likeness (QED) is 0.0387. The number of hydrogen-bond donors (Lipinski definition) is 0. The Bertz CT molecular complexity index is 4200. The van der Waals surface area contributed by atoms with Crippen LogP contribution in [-0.2, 0) is 25.7 Å². The van der Waals surface area contributed by atoms with Gasteiger partial charge in [-0.05, 0) is 191 Å². The van der Waals surface area contributed by atoms with Crippen molar-refractivity contribution in [3.8, 4) is 56.7 Å². The summed E-state index contributed by atoms with van der Waals surface area (Å²) in [5.74, 6) is 0. The Morgan fingerprint density at radius 2 is 0.422 bits per heavy atom. The molecule has 12 heteroatoms. The Morgan fingerprint density at radius 3 is 0.627 bits per heavy atom. The highest BCUT2D eigenvalue weighted by Gasteiger charge is 2.29. The summed E-state index contributed by atoms with van der Waals surface area (Å²) in [6, 6.07) is 105. The van der Waals surface area contributed by atoms with Crippen LogP contribution in [0.25, 0.3) is 56.7 Å². The fourth-order valence-electron chi connectivity index (χ4n) is 12.7. The van der Waals surface area contributed by atoms with E-state index in [0.717, 1.165) is 96.9 Å². The van der Waals surface area contributed by atoms with Crippen LogP contribution in [0.3, 0.4) is 0 Å². The van der Waals surface area contributed by atoms with Crippen molar-refractivity contribution in [1.82, 2.24) is 39.9 Å². The van der Waals surface area contributed by atoms with Crippen LogP contribution in [0.5, 0.6) is 0 Å². The molecule has 14 aromatic rings. The van der Waals surface area contributed by atoms with Crippen LogP contribution >= 0.6 is 47.0 Å². The zero-order chi connectivity index (χ0) is 68.8. The lowest BCUT2D eigenvalue weighted by atomic mass is 10.0. The molecular formula is C90H78N8S4. The lowest BCUT2D eigenvalue weighted by molar-refractivity contribution is 0.793. The highest BCUT2D eigenvalue weighted by molar-refractivity contribution is 8.17. The second-order valence-corrected chi connectivity index (χ2v) is 31.1. The molecule has 8 heterocycles. The number of hydrogen-bond acceptors (Lipinski definition) is 12. The van der Waals surface area contributed by atoms with Crippen LogP contribution in [0.4, 0.5) is 0 Å². The summed E-state index contributed by atoms with van der Waals surface area (Å²) in [5.41, 5.74) is 22.2.